The first-order chi connectivity index (χ1) is 5.33. The van der Waals surface area contributed by atoms with E-state index < -0.39 is 0 Å². The number of nitrogens with zero attached hydrogens (tertiary/aromatic N) is 1. The van der Waals surface area contributed by atoms with Gasteiger partial charge in [-0.3, -0.25) is 9.78 Å². The first-order valence-corrected chi connectivity index (χ1v) is 4.15. The third-order valence-corrected chi connectivity index (χ3v) is 2.13. The quantitative estimate of drug-likeness (QED) is 0.642. The second-order valence-electron chi connectivity index (χ2n) is 2.04. The zero-order valence-electron chi connectivity index (χ0n) is 6.24. The van der Waals surface area contributed by atoms with E-state index in [4.69, 9.17) is 0 Å². The van der Waals surface area contributed by atoms with E-state index in [9.17, 15) is 4.79 Å². The molecule has 0 radical (unpaired) electrons. The molecule has 60 valence electrons. The van der Waals surface area contributed by atoms with E-state index in [-0.39, 0.29) is 5.97 Å². The molecule has 0 unspecified atom stereocenters. The number of rotatable bonds is 3. The molecular formula is C7H9NO2S. The van der Waals surface area contributed by atoms with E-state index in [1.807, 2.05) is 0 Å². The minimum Gasteiger partial charge on any atom is -0.469 e. The summed E-state index contributed by atoms with van der Waals surface area (Å²) >= 11 is 1.56. The van der Waals surface area contributed by atoms with Crippen LogP contribution in [0.1, 0.15) is 11.3 Å². The average molecular weight is 171 g/mol. The lowest BCUT2D eigenvalue weighted by molar-refractivity contribution is -0.140. The first-order valence-electron chi connectivity index (χ1n) is 3.27. The number of methoxy groups -OCH3 is 1. The van der Waals surface area contributed by atoms with Gasteiger partial charge in [-0.25, -0.2) is 0 Å². The monoisotopic (exact) mass is 171 g/mol. The van der Waals surface area contributed by atoms with Crippen molar-refractivity contribution in [1.29, 1.82) is 0 Å². The summed E-state index contributed by atoms with van der Waals surface area (Å²) in [5, 5.41) is 0. The molecule has 0 saturated carbocycles. The van der Waals surface area contributed by atoms with Gasteiger partial charge >= 0.3 is 5.97 Å². The average Bonchev–Trinajstić information content (AvgIpc) is 2.52. The standard InChI is InChI=1S/C7H9NO2S/c1-10-7(9)3-2-6-4-8-5-11-6/h4-5H,2-3H2,1H3. The Bertz CT molecular complexity index is 220. The van der Waals surface area contributed by atoms with Crippen LogP contribution in [0.15, 0.2) is 11.7 Å². The maximum Gasteiger partial charge on any atom is 0.305 e. The van der Waals surface area contributed by atoms with Crippen molar-refractivity contribution in [1.82, 2.24) is 4.98 Å². The minimum absolute atomic E-state index is 0.168. The van der Waals surface area contributed by atoms with E-state index in [0.29, 0.717) is 6.42 Å². The summed E-state index contributed by atoms with van der Waals surface area (Å²) in [7, 11) is 1.40. The molecule has 1 aromatic heterocycles. The van der Waals surface area contributed by atoms with Crippen molar-refractivity contribution in [3.8, 4) is 0 Å². The van der Waals surface area contributed by atoms with Crippen molar-refractivity contribution in [3.63, 3.8) is 0 Å². The molecule has 0 spiro atoms. The lowest BCUT2D eigenvalue weighted by Gasteiger charge is -1.94. The Hall–Kier alpha value is -0.900. The van der Waals surface area contributed by atoms with Crippen LogP contribution < -0.4 is 0 Å². The van der Waals surface area contributed by atoms with Crippen molar-refractivity contribution in [2.75, 3.05) is 7.11 Å². The van der Waals surface area contributed by atoms with Gasteiger partial charge in [0.15, 0.2) is 0 Å². The van der Waals surface area contributed by atoms with Crippen molar-refractivity contribution in [3.05, 3.63) is 16.6 Å². The highest BCUT2D eigenvalue weighted by Crippen LogP contribution is 2.08. The van der Waals surface area contributed by atoms with Crippen LogP contribution >= 0.6 is 11.3 Å². The second-order valence-corrected chi connectivity index (χ2v) is 3.01. The van der Waals surface area contributed by atoms with Crippen LogP contribution in [0.2, 0.25) is 0 Å². The van der Waals surface area contributed by atoms with Crippen LogP contribution in [0.5, 0.6) is 0 Å². The molecule has 0 aromatic carbocycles. The molecular weight excluding hydrogens is 162 g/mol. The van der Waals surface area contributed by atoms with E-state index in [1.54, 1.807) is 23.0 Å². The zero-order valence-corrected chi connectivity index (χ0v) is 7.06. The van der Waals surface area contributed by atoms with Gasteiger partial charge in [-0.2, -0.15) is 0 Å². The van der Waals surface area contributed by atoms with E-state index in [2.05, 4.69) is 9.72 Å². The lowest BCUT2D eigenvalue weighted by Crippen LogP contribution is -2.00. The van der Waals surface area contributed by atoms with Gasteiger partial charge in [-0.15, -0.1) is 11.3 Å². The van der Waals surface area contributed by atoms with Crippen LogP contribution in [0.4, 0.5) is 0 Å². The van der Waals surface area contributed by atoms with Crippen LogP contribution in [0, 0.1) is 0 Å². The Kier molecular flexibility index (Phi) is 3.04. The van der Waals surface area contributed by atoms with E-state index >= 15 is 0 Å². The summed E-state index contributed by atoms with van der Waals surface area (Å²) in [5.74, 6) is -0.168. The topological polar surface area (TPSA) is 39.2 Å². The molecule has 0 aliphatic rings. The predicted octanol–water partition coefficient (Wildman–Crippen LogP) is 1.25. The van der Waals surface area contributed by atoms with Gasteiger partial charge in [0.25, 0.3) is 0 Å². The molecule has 0 fully saturated rings. The number of esters is 1. The third kappa shape index (κ3) is 2.67. The highest BCUT2D eigenvalue weighted by molar-refractivity contribution is 7.09. The number of aryl methyl sites for hydroxylation is 1. The highest BCUT2D eigenvalue weighted by atomic mass is 32.1. The number of aromatic nitrogens is 1. The Morgan fingerprint density at radius 3 is 3.18 bits per heavy atom. The fourth-order valence-corrected chi connectivity index (χ4v) is 1.29. The number of hydrogen-bond acceptors (Lipinski definition) is 4. The molecule has 0 N–H and O–H groups in total. The molecule has 1 heterocycles. The highest BCUT2D eigenvalue weighted by Gasteiger charge is 2.01. The summed E-state index contributed by atoms with van der Waals surface area (Å²) in [6, 6.07) is 0. The van der Waals surface area contributed by atoms with E-state index in [1.165, 1.54) is 7.11 Å². The Morgan fingerprint density at radius 2 is 2.64 bits per heavy atom. The van der Waals surface area contributed by atoms with Crippen molar-refractivity contribution < 1.29 is 9.53 Å². The van der Waals surface area contributed by atoms with Gasteiger partial charge in [-0.1, -0.05) is 0 Å². The molecule has 0 aliphatic heterocycles. The number of ether oxygens (including phenoxy) is 1. The number of thiazole rings is 1. The van der Waals surface area contributed by atoms with Gasteiger partial charge in [0, 0.05) is 11.1 Å². The first kappa shape index (κ1) is 8.20. The Balaban J connectivity index is 2.29. The van der Waals surface area contributed by atoms with Crippen LogP contribution in [-0.2, 0) is 16.0 Å². The summed E-state index contributed by atoms with van der Waals surface area (Å²) in [4.78, 5) is 15.7. The molecule has 0 atom stereocenters. The molecule has 0 amide bonds. The minimum atomic E-state index is -0.168. The molecule has 1 rings (SSSR count). The summed E-state index contributed by atoms with van der Waals surface area (Å²) in [6.45, 7) is 0. The number of carbonyl (C=O) groups excluding carboxylic acids is 1. The van der Waals surface area contributed by atoms with Gasteiger partial charge in [-0.05, 0) is 6.42 Å². The third-order valence-electron chi connectivity index (χ3n) is 1.29. The van der Waals surface area contributed by atoms with Crippen LogP contribution in [-0.4, -0.2) is 18.1 Å². The van der Waals surface area contributed by atoms with Gasteiger partial charge in [0.05, 0.1) is 19.0 Å². The summed E-state index contributed by atoms with van der Waals surface area (Å²) in [6.07, 6.45) is 2.95. The van der Waals surface area contributed by atoms with Crippen molar-refractivity contribution in [2.45, 2.75) is 12.8 Å². The smallest absolute Gasteiger partial charge is 0.305 e. The molecule has 0 aliphatic carbocycles. The number of hydrogen-bond donors (Lipinski definition) is 0. The van der Waals surface area contributed by atoms with E-state index in [0.717, 1.165) is 11.3 Å². The second kappa shape index (κ2) is 4.08. The predicted molar refractivity (Wildman–Crippen MR) is 42.5 cm³/mol. The molecule has 0 saturated heterocycles. The fourth-order valence-electron chi connectivity index (χ4n) is 0.693. The largest absolute Gasteiger partial charge is 0.469 e. The van der Waals surface area contributed by atoms with Gasteiger partial charge < -0.3 is 4.74 Å². The van der Waals surface area contributed by atoms with Crippen LogP contribution in [0.3, 0.4) is 0 Å². The van der Waals surface area contributed by atoms with Crippen LogP contribution in [0.25, 0.3) is 0 Å². The Labute approximate surface area is 69.0 Å². The van der Waals surface area contributed by atoms with Gasteiger partial charge in [0.1, 0.15) is 0 Å². The molecule has 1 aromatic rings. The number of carbonyl (C=O) groups is 1. The van der Waals surface area contributed by atoms with Crippen molar-refractivity contribution in [2.24, 2.45) is 0 Å². The maximum absolute atomic E-state index is 10.7. The molecule has 11 heavy (non-hydrogen) atoms. The molecule has 0 bridgehead atoms. The van der Waals surface area contributed by atoms with Gasteiger partial charge in [0.2, 0.25) is 0 Å². The maximum atomic E-state index is 10.7. The Morgan fingerprint density at radius 1 is 1.82 bits per heavy atom. The fraction of sp³-hybridized carbons (Fsp3) is 0.429. The zero-order chi connectivity index (χ0) is 8.10. The van der Waals surface area contributed by atoms with Crippen molar-refractivity contribution >= 4 is 17.3 Å². The summed E-state index contributed by atoms with van der Waals surface area (Å²) in [5.41, 5.74) is 1.76. The molecule has 4 heteroatoms. The normalized spacial score (nSPS) is 9.55. The SMILES string of the molecule is COC(=O)CCc1cncs1. The lowest BCUT2D eigenvalue weighted by atomic mass is 10.3. The summed E-state index contributed by atoms with van der Waals surface area (Å²) < 4.78 is 4.49. The molecule has 3 nitrogen and oxygen atoms in total.